The normalized spacial score (nSPS) is 11.2. The van der Waals surface area contributed by atoms with Crippen molar-refractivity contribution in [2.24, 2.45) is 0 Å². The van der Waals surface area contributed by atoms with Crippen LogP contribution in [0.15, 0.2) is 60.7 Å². The number of ether oxygens (including phenoxy) is 1. The quantitative estimate of drug-likeness (QED) is 0.426. The van der Waals surface area contributed by atoms with Crippen molar-refractivity contribution in [3.05, 3.63) is 77.5 Å². The van der Waals surface area contributed by atoms with E-state index in [4.69, 9.17) is 4.74 Å². The van der Waals surface area contributed by atoms with Gasteiger partial charge in [-0.1, -0.05) is 43.3 Å². The largest absolute Gasteiger partial charge is 0.497 e. The molecule has 0 unspecified atom stereocenters. The van der Waals surface area contributed by atoms with Crippen molar-refractivity contribution in [1.29, 1.82) is 0 Å². The van der Waals surface area contributed by atoms with Crippen molar-refractivity contribution in [2.45, 2.75) is 26.8 Å². The van der Waals surface area contributed by atoms with E-state index in [-0.39, 0.29) is 5.78 Å². The molecule has 0 aliphatic heterocycles. The van der Waals surface area contributed by atoms with Gasteiger partial charge in [0.05, 0.1) is 12.7 Å². The fraction of sp³-hybridized carbons (Fsp3) is 0.208. The summed E-state index contributed by atoms with van der Waals surface area (Å²) in [6, 6.07) is 19.9. The molecule has 0 spiro atoms. The van der Waals surface area contributed by atoms with Gasteiger partial charge >= 0.3 is 0 Å². The number of para-hydroxylation sites is 1. The van der Waals surface area contributed by atoms with E-state index in [2.05, 4.69) is 30.5 Å². The monoisotopic (exact) mass is 357 g/mol. The van der Waals surface area contributed by atoms with E-state index < -0.39 is 0 Å². The molecule has 0 fully saturated rings. The van der Waals surface area contributed by atoms with Crippen molar-refractivity contribution in [1.82, 2.24) is 4.57 Å². The second-order valence-electron chi connectivity index (χ2n) is 6.85. The van der Waals surface area contributed by atoms with Crippen molar-refractivity contribution >= 4 is 27.5 Å². The maximum Gasteiger partial charge on any atom is 0.196 e. The van der Waals surface area contributed by atoms with E-state index in [1.54, 1.807) is 7.11 Å². The molecule has 3 aromatic carbocycles. The predicted octanol–water partition coefficient (Wildman–Crippen LogP) is 5.75. The van der Waals surface area contributed by atoms with Crippen molar-refractivity contribution in [3.63, 3.8) is 0 Å². The third-order valence-corrected chi connectivity index (χ3v) is 5.24. The van der Waals surface area contributed by atoms with Gasteiger partial charge in [0.1, 0.15) is 5.75 Å². The number of hydrogen-bond donors (Lipinski definition) is 0. The first-order valence-corrected chi connectivity index (χ1v) is 9.35. The van der Waals surface area contributed by atoms with E-state index in [0.717, 1.165) is 57.2 Å². The number of nitrogens with zero attached hydrogens (tertiary/aromatic N) is 1. The Morgan fingerprint density at radius 2 is 1.81 bits per heavy atom. The molecule has 27 heavy (non-hydrogen) atoms. The van der Waals surface area contributed by atoms with Crippen LogP contribution in [0.25, 0.3) is 21.7 Å². The third kappa shape index (κ3) is 2.80. The Morgan fingerprint density at radius 3 is 2.59 bits per heavy atom. The Morgan fingerprint density at radius 1 is 1.00 bits per heavy atom. The number of methoxy groups -OCH3 is 1. The molecule has 136 valence electrons. The van der Waals surface area contributed by atoms with Crippen LogP contribution in [0.3, 0.4) is 0 Å². The second-order valence-corrected chi connectivity index (χ2v) is 6.85. The Hall–Kier alpha value is -3.07. The van der Waals surface area contributed by atoms with Crippen LogP contribution in [0.5, 0.6) is 5.75 Å². The molecule has 3 heteroatoms. The summed E-state index contributed by atoms with van der Waals surface area (Å²) < 4.78 is 7.59. The molecule has 0 radical (unpaired) electrons. The van der Waals surface area contributed by atoms with Gasteiger partial charge in [-0.2, -0.15) is 0 Å². The number of hydrogen-bond acceptors (Lipinski definition) is 2. The standard InChI is InChI=1S/C24H23NO2/c1-4-14-25-16(2)23(21-9-5-6-11-22(21)25)24(26)20-10-7-8-17-15-18(27-3)12-13-19(17)20/h5-13,15H,4,14H2,1-3H3. The molecule has 0 aliphatic rings. The van der Waals surface area contributed by atoms with Crippen LogP contribution in [-0.2, 0) is 6.54 Å². The number of ketones is 1. The SMILES string of the molecule is CCCn1c(C)c(C(=O)c2cccc3cc(OC)ccc23)c2ccccc21. The maximum absolute atomic E-state index is 13.6. The van der Waals surface area contributed by atoms with E-state index in [1.165, 1.54) is 0 Å². The minimum atomic E-state index is 0.0781. The molecule has 0 bridgehead atoms. The van der Waals surface area contributed by atoms with E-state index >= 15 is 0 Å². The third-order valence-electron chi connectivity index (χ3n) is 5.24. The number of aryl methyl sites for hydroxylation is 1. The van der Waals surface area contributed by atoms with Gasteiger partial charge in [0.25, 0.3) is 0 Å². The number of benzene rings is 3. The highest BCUT2D eigenvalue weighted by Gasteiger charge is 2.22. The Kier molecular flexibility index (Phi) is 4.44. The summed E-state index contributed by atoms with van der Waals surface area (Å²) in [5.41, 5.74) is 3.70. The van der Waals surface area contributed by atoms with Crippen LogP contribution < -0.4 is 4.74 Å². The molecular formula is C24H23NO2. The number of carbonyl (C=O) groups excluding carboxylic acids is 1. The van der Waals surface area contributed by atoms with Crippen LogP contribution in [0.4, 0.5) is 0 Å². The second kappa shape index (κ2) is 6.92. The lowest BCUT2D eigenvalue weighted by molar-refractivity contribution is 0.104. The molecule has 0 N–H and O–H groups in total. The van der Waals surface area contributed by atoms with Gasteiger partial charge in [-0.25, -0.2) is 0 Å². The Balaban J connectivity index is 1.94. The first-order valence-electron chi connectivity index (χ1n) is 9.35. The highest BCUT2D eigenvalue weighted by Crippen LogP contribution is 2.31. The van der Waals surface area contributed by atoms with Gasteiger partial charge < -0.3 is 9.30 Å². The fourth-order valence-electron chi connectivity index (χ4n) is 3.95. The summed E-state index contributed by atoms with van der Waals surface area (Å²) in [4.78, 5) is 13.6. The number of rotatable bonds is 5. The number of carbonyl (C=O) groups is 1. The lowest BCUT2D eigenvalue weighted by atomic mass is 9.95. The van der Waals surface area contributed by atoms with Crippen LogP contribution in [0, 0.1) is 6.92 Å². The first-order chi connectivity index (χ1) is 13.2. The highest BCUT2D eigenvalue weighted by molar-refractivity contribution is 6.22. The lowest BCUT2D eigenvalue weighted by Gasteiger charge is -2.09. The molecule has 0 saturated heterocycles. The summed E-state index contributed by atoms with van der Waals surface area (Å²) in [5, 5.41) is 2.99. The first kappa shape index (κ1) is 17.3. The molecule has 3 nitrogen and oxygen atoms in total. The number of fused-ring (bicyclic) bond motifs is 2. The van der Waals surface area contributed by atoms with Crippen LogP contribution in [0.2, 0.25) is 0 Å². The summed E-state index contributed by atoms with van der Waals surface area (Å²) >= 11 is 0. The molecule has 0 amide bonds. The van der Waals surface area contributed by atoms with E-state index in [0.29, 0.717) is 0 Å². The molecule has 0 saturated carbocycles. The van der Waals surface area contributed by atoms with Gasteiger partial charge in [0.2, 0.25) is 0 Å². The molecule has 0 atom stereocenters. The van der Waals surface area contributed by atoms with Gasteiger partial charge in [-0.05, 0) is 48.4 Å². The zero-order chi connectivity index (χ0) is 19.0. The topological polar surface area (TPSA) is 31.2 Å². The van der Waals surface area contributed by atoms with Crippen LogP contribution >= 0.6 is 0 Å². The Bertz CT molecular complexity index is 1150. The van der Waals surface area contributed by atoms with Crippen molar-refractivity contribution < 1.29 is 9.53 Å². The molecule has 0 aliphatic carbocycles. The average Bonchev–Trinajstić information content (AvgIpc) is 2.98. The minimum absolute atomic E-state index is 0.0781. The Labute approximate surface area is 159 Å². The van der Waals surface area contributed by atoms with E-state index in [1.807, 2.05) is 48.5 Å². The van der Waals surface area contributed by atoms with Crippen LogP contribution in [-0.4, -0.2) is 17.5 Å². The minimum Gasteiger partial charge on any atom is -0.497 e. The maximum atomic E-state index is 13.6. The van der Waals surface area contributed by atoms with E-state index in [9.17, 15) is 4.79 Å². The molecule has 4 aromatic rings. The predicted molar refractivity (Wildman–Crippen MR) is 111 cm³/mol. The zero-order valence-corrected chi connectivity index (χ0v) is 16.0. The lowest BCUT2D eigenvalue weighted by Crippen LogP contribution is -2.06. The number of aromatic nitrogens is 1. The average molecular weight is 357 g/mol. The van der Waals surface area contributed by atoms with Gasteiger partial charge in [-0.3, -0.25) is 4.79 Å². The molecule has 4 rings (SSSR count). The zero-order valence-electron chi connectivity index (χ0n) is 16.0. The summed E-state index contributed by atoms with van der Waals surface area (Å²) in [6.45, 7) is 5.12. The fourth-order valence-corrected chi connectivity index (χ4v) is 3.95. The van der Waals surface area contributed by atoms with Crippen LogP contribution in [0.1, 0.15) is 35.0 Å². The smallest absolute Gasteiger partial charge is 0.196 e. The van der Waals surface area contributed by atoms with Gasteiger partial charge in [0, 0.05) is 28.7 Å². The summed E-state index contributed by atoms with van der Waals surface area (Å²) in [7, 11) is 1.65. The van der Waals surface area contributed by atoms with Crippen molar-refractivity contribution in [3.8, 4) is 5.75 Å². The summed E-state index contributed by atoms with van der Waals surface area (Å²) in [6.07, 6.45) is 1.03. The molecular weight excluding hydrogens is 334 g/mol. The van der Waals surface area contributed by atoms with Crippen molar-refractivity contribution in [2.75, 3.05) is 7.11 Å². The van der Waals surface area contributed by atoms with Gasteiger partial charge in [0.15, 0.2) is 5.78 Å². The molecule has 1 aromatic heterocycles. The van der Waals surface area contributed by atoms with Gasteiger partial charge in [-0.15, -0.1) is 0 Å². The summed E-state index contributed by atoms with van der Waals surface area (Å²) in [5.74, 6) is 0.872. The molecule has 1 heterocycles. The highest BCUT2D eigenvalue weighted by atomic mass is 16.5.